The Labute approximate surface area is 111 Å². The largest absolute Gasteiger partial charge is 0.440 e. The summed E-state index contributed by atoms with van der Waals surface area (Å²) in [6.45, 7) is 5.02. The Hall–Kier alpha value is -1.17. The molecule has 2 aromatic heterocycles. The first-order chi connectivity index (χ1) is 8.56. The zero-order chi connectivity index (χ0) is 13.1. The molecule has 0 saturated carbocycles. The highest BCUT2D eigenvalue weighted by Crippen LogP contribution is 2.26. The minimum atomic E-state index is -0.334. The molecule has 0 amide bonds. The molecule has 5 heteroatoms. The van der Waals surface area contributed by atoms with E-state index in [0.29, 0.717) is 19.0 Å². The molecule has 0 aliphatic heterocycles. The quantitative estimate of drug-likeness (QED) is 0.903. The number of thiophene rings is 1. The van der Waals surface area contributed by atoms with Gasteiger partial charge in [0.1, 0.15) is 5.76 Å². The molecule has 0 bridgehead atoms. The third kappa shape index (κ3) is 3.19. The molecule has 98 valence electrons. The number of hydrogen-bond donors (Lipinski definition) is 1. The van der Waals surface area contributed by atoms with Gasteiger partial charge in [-0.3, -0.25) is 4.90 Å². The lowest BCUT2D eigenvalue weighted by atomic mass is 10.3. The van der Waals surface area contributed by atoms with E-state index < -0.39 is 0 Å². The smallest absolute Gasteiger partial charge is 0.236 e. The summed E-state index contributed by atoms with van der Waals surface area (Å²) in [6.07, 6.45) is -0.334. The van der Waals surface area contributed by atoms with E-state index in [-0.39, 0.29) is 6.10 Å². The first-order valence-corrected chi connectivity index (χ1v) is 6.81. The highest BCUT2D eigenvalue weighted by atomic mass is 32.1. The fraction of sp³-hybridized carbons (Fsp3) is 0.462. The van der Waals surface area contributed by atoms with Crippen LogP contribution in [0, 0.1) is 6.92 Å². The Morgan fingerprint density at radius 1 is 1.56 bits per heavy atom. The summed E-state index contributed by atoms with van der Waals surface area (Å²) < 4.78 is 5.68. The molecule has 0 radical (unpaired) electrons. The standard InChI is InChI=1S/C13H18N2O2S/c1-9(16)7-15(3)8-11-10(2)17-13(14-11)12-5-4-6-18-12/h4-6,9,16H,7-8H2,1-3H3. The molecule has 0 saturated heterocycles. The van der Waals surface area contributed by atoms with Crippen LogP contribution in [-0.4, -0.2) is 34.7 Å². The van der Waals surface area contributed by atoms with Gasteiger partial charge < -0.3 is 9.52 Å². The van der Waals surface area contributed by atoms with Crippen molar-refractivity contribution in [3.8, 4) is 10.8 Å². The van der Waals surface area contributed by atoms with E-state index in [1.807, 2.05) is 36.4 Å². The summed E-state index contributed by atoms with van der Waals surface area (Å²) in [5.74, 6) is 1.53. The van der Waals surface area contributed by atoms with Gasteiger partial charge in [0.05, 0.1) is 16.7 Å². The van der Waals surface area contributed by atoms with Crippen LogP contribution in [0.3, 0.4) is 0 Å². The van der Waals surface area contributed by atoms with Crippen molar-refractivity contribution in [3.63, 3.8) is 0 Å². The lowest BCUT2D eigenvalue weighted by Crippen LogP contribution is -2.27. The van der Waals surface area contributed by atoms with E-state index in [2.05, 4.69) is 4.98 Å². The number of aryl methyl sites for hydroxylation is 1. The molecule has 2 aromatic rings. The van der Waals surface area contributed by atoms with E-state index in [1.54, 1.807) is 18.3 Å². The van der Waals surface area contributed by atoms with Gasteiger partial charge in [-0.2, -0.15) is 0 Å². The van der Waals surface area contributed by atoms with Gasteiger partial charge in [0, 0.05) is 13.1 Å². The van der Waals surface area contributed by atoms with Crippen LogP contribution in [0.15, 0.2) is 21.9 Å². The molecular weight excluding hydrogens is 248 g/mol. The predicted molar refractivity (Wildman–Crippen MR) is 72.6 cm³/mol. The van der Waals surface area contributed by atoms with Crippen LogP contribution >= 0.6 is 11.3 Å². The fourth-order valence-corrected chi connectivity index (χ4v) is 2.50. The second-order valence-corrected chi connectivity index (χ2v) is 5.49. The maximum atomic E-state index is 9.34. The summed E-state index contributed by atoms with van der Waals surface area (Å²) in [6, 6.07) is 3.98. The SMILES string of the molecule is Cc1oc(-c2cccs2)nc1CN(C)CC(C)O. The van der Waals surface area contributed by atoms with E-state index >= 15 is 0 Å². The Balaban J connectivity index is 2.10. The van der Waals surface area contributed by atoms with Crippen molar-refractivity contribution >= 4 is 11.3 Å². The zero-order valence-corrected chi connectivity index (χ0v) is 11.7. The number of aromatic nitrogens is 1. The predicted octanol–water partition coefficient (Wildman–Crippen LogP) is 2.52. The van der Waals surface area contributed by atoms with Crippen LogP contribution in [-0.2, 0) is 6.54 Å². The van der Waals surface area contributed by atoms with Crippen LogP contribution in [0.1, 0.15) is 18.4 Å². The van der Waals surface area contributed by atoms with E-state index in [4.69, 9.17) is 4.42 Å². The molecule has 0 aliphatic carbocycles. The molecule has 1 N–H and O–H groups in total. The normalized spacial score (nSPS) is 13.2. The summed E-state index contributed by atoms with van der Waals surface area (Å²) in [7, 11) is 1.96. The minimum Gasteiger partial charge on any atom is -0.440 e. The molecule has 1 atom stereocenters. The molecule has 2 heterocycles. The van der Waals surface area contributed by atoms with Gasteiger partial charge in [-0.05, 0) is 32.3 Å². The molecule has 0 spiro atoms. The maximum Gasteiger partial charge on any atom is 0.236 e. The molecule has 1 unspecified atom stereocenters. The number of nitrogens with zero attached hydrogens (tertiary/aromatic N) is 2. The highest BCUT2D eigenvalue weighted by Gasteiger charge is 2.14. The molecule has 18 heavy (non-hydrogen) atoms. The molecule has 0 aliphatic rings. The average Bonchev–Trinajstić information content (AvgIpc) is 2.87. The van der Waals surface area contributed by atoms with Crippen LogP contribution in [0.2, 0.25) is 0 Å². The van der Waals surface area contributed by atoms with Crippen molar-refractivity contribution in [1.82, 2.24) is 9.88 Å². The van der Waals surface area contributed by atoms with Gasteiger partial charge in [-0.1, -0.05) is 6.07 Å². The van der Waals surface area contributed by atoms with Gasteiger partial charge in [-0.25, -0.2) is 4.98 Å². The maximum absolute atomic E-state index is 9.34. The molecule has 2 rings (SSSR count). The first-order valence-electron chi connectivity index (χ1n) is 5.93. The van der Waals surface area contributed by atoms with Crippen molar-refractivity contribution in [2.45, 2.75) is 26.5 Å². The lowest BCUT2D eigenvalue weighted by Gasteiger charge is -2.16. The van der Waals surface area contributed by atoms with Crippen molar-refractivity contribution < 1.29 is 9.52 Å². The summed E-state index contributed by atoms with van der Waals surface area (Å²) in [4.78, 5) is 7.60. The Morgan fingerprint density at radius 2 is 2.33 bits per heavy atom. The number of hydrogen-bond acceptors (Lipinski definition) is 5. The van der Waals surface area contributed by atoms with Crippen molar-refractivity contribution in [2.24, 2.45) is 0 Å². The summed E-state index contributed by atoms with van der Waals surface area (Å²) >= 11 is 1.62. The zero-order valence-electron chi connectivity index (χ0n) is 10.9. The molecular formula is C13H18N2O2S. The lowest BCUT2D eigenvalue weighted by molar-refractivity contribution is 0.137. The van der Waals surface area contributed by atoms with Gasteiger partial charge >= 0.3 is 0 Å². The average molecular weight is 266 g/mol. The Bertz CT molecular complexity index is 491. The van der Waals surface area contributed by atoms with Gasteiger partial charge in [0.2, 0.25) is 5.89 Å². The summed E-state index contributed by atoms with van der Waals surface area (Å²) in [5, 5.41) is 11.3. The van der Waals surface area contributed by atoms with Gasteiger partial charge in [0.15, 0.2) is 0 Å². The minimum absolute atomic E-state index is 0.334. The van der Waals surface area contributed by atoms with E-state index in [9.17, 15) is 5.11 Å². The Kier molecular flexibility index (Phi) is 4.16. The number of aliphatic hydroxyl groups is 1. The van der Waals surface area contributed by atoms with Crippen molar-refractivity contribution in [3.05, 3.63) is 29.0 Å². The number of oxazole rings is 1. The number of rotatable bonds is 5. The highest BCUT2D eigenvalue weighted by molar-refractivity contribution is 7.13. The second kappa shape index (κ2) is 5.65. The van der Waals surface area contributed by atoms with Crippen LogP contribution in [0.5, 0.6) is 0 Å². The Morgan fingerprint density at radius 3 is 2.94 bits per heavy atom. The van der Waals surface area contributed by atoms with Crippen LogP contribution < -0.4 is 0 Å². The third-order valence-electron chi connectivity index (χ3n) is 2.62. The van der Waals surface area contributed by atoms with Crippen molar-refractivity contribution in [2.75, 3.05) is 13.6 Å². The second-order valence-electron chi connectivity index (χ2n) is 4.54. The topological polar surface area (TPSA) is 49.5 Å². The monoisotopic (exact) mass is 266 g/mol. The van der Waals surface area contributed by atoms with E-state index in [1.165, 1.54) is 0 Å². The van der Waals surface area contributed by atoms with E-state index in [0.717, 1.165) is 16.3 Å². The summed E-state index contributed by atoms with van der Waals surface area (Å²) in [5.41, 5.74) is 0.932. The molecule has 4 nitrogen and oxygen atoms in total. The number of likely N-dealkylation sites (N-methyl/N-ethyl adjacent to an activating group) is 1. The third-order valence-corrected chi connectivity index (χ3v) is 3.48. The first kappa shape index (κ1) is 13.3. The van der Waals surface area contributed by atoms with Crippen LogP contribution in [0.4, 0.5) is 0 Å². The molecule has 0 fully saturated rings. The number of aliphatic hydroxyl groups excluding tert-OH is 1. The fourth-order valence-electron chi connectivity index (χ4n) is 1.85. The molecule has 0 aromatic carbocycles. The van der Waals surface area contributed by atoms with Gasteiger partial charge in [0.25, 0.3) is 0 Å². The van der Waals surface area contributed by atoms with Gasteiger partial charge in [-0.15, -0.1) is 11.3 Å². The van der Waals surface area contributed by atoms with Crippen LogP contribution in [0.25, 0.3) is 10.8 Å². The van der Waals surface area contributed by atoms with Crippen molar-refractivity contribution in [1.29, 1.82) is 0 Å².